The van der Waals surface area contributed by atoms with E-state index in [4.69, 9.17) is 5.26 Å². The van der Waals surface area contributed by atoms with Crippen molar-refractivity contribution in [3.05, 3.63) is 27.0 Å². The van der Waals surface area contributed by atoms with Gasteiger partial charge in [-0.15, -0.1) is 0 Å². The monoisotopic (exact) mass is 286 g/mol. The van der Waals surface area contributed by atoms with Crippen molar-refractivity contribution in [3.8, 4) is 6.07 Å². The Bertz CT molecular complexity index is 738. The summed E-state index contributed by atoms with van der Waals surface area (Å²) < 4.78 is 27.8. The molecule has 0 aliphatic heterocycles. The lowest BCUT2D eigenvalue weighted by Crippen LogP contribution is -2.43. The Balaban J connectivity index is 3.44. The molecule has 1 unspecified atom stereocenters. The quantitative estimate of drug-likeness (QED) is 0.736. The van der Waals surface area contributed by atoms with E-state index in [0.29, 0.717) is 4.57 Å². The molecule has 1 aromatic rings. The molecule has 0 saturated carbocycles. The predicted octanol–water partition coefficient (Wildman–Crippen LogP) is -1.34. The first-order chi connectivity index (χ1) is 8.74. The number of hydrogen-bond donors (Lipinski definition) is 1. The molecule has 104 valence electrons. The second-order valence-electron chi connectivity index (χ2n) is 3.96. The van der Waals surface area contributed by atoms with E-state index in [1.54, 1.807) is 13.0 Å². The Labute approximate surface area is 110 Å². The van der Waals surface area contributed by atoms with Crippen LogP contribution in [-0.4, -0.2) is 23.6 Å². The van der Waals surface area contributed by atoms with Gasteiger partial charge in [-0.05, 0) is 6.42 Å². The fourth-order valence-corrected chi connectivity index (χ4v) is 2.80. The van der Waals surface area contributed by atoms with E-state index in [0.717, 1.165) is 10.8 Å². The van der Waals surface area contributed by atoms with Crippen LogP contribution in [0.4, 0.5) is 0 Å². The zero-order chi connectivity index (χ0) is 14.8. The van der Waals surface area contributed by atoms with Crippen molar-refractivity contribution in [2.24, 2.45) is 14.1 Å². The van der Waals surface area contributed by atoms with Crippen molar-refractivity contribution in [2.45, 2.75) is 24.3 Å². The van der Waals surface area contributed by atoms with Gasteiger partial charge in [0.1, 0.15) is 6.04 Å². The number of aryl methyl sites for hydroxylation is 1. The van der Waals surface area contributed by atoms with Crippen LogP contribution in [0.2, 0.25) is 0 Å². The van der Waals surface area contributed by atoms with Crippen LogP contribution < -0.4 is 16.0 Å². The first kappa shape index (κ1) is 15.1. The highest BCUT2D eigenvalue weighted by Gasteiger charge is 2.24. The lowest BCUT2D eigenvalue weighted by molar-refractivity contribution is 0.560. The number of rotatable bonds is 4. The summed E-state index contributed by atoms with van der Waals surface area (Å²) in [6.45, 7) is 1.63. The van der Waals surface area contributed by atoms with E-state index < -0.39 is 32.2 Å². The van der Waals surface area contributed by atoms with Crippen LogP contribution in [0.15, 0.2) is 20.7 Å². The Kier molecular flexibility index (Phi) is 4.28. The minimum absolute atomic E-state index is 0.266. The summed E-state index contributed by atoms with van der Waals surface area (Å²) in [6, 6.07) is 0.846. The number of nitriles is 1. The Morgan fingerprint density at radius 2 is 2.00 bits per heavy atom. The molecule has 0 radical (unpaired) electrons. The summed E-state index contributed by atoms with van der Waals surface area (Å²) in [5.41, 5.74) is -1.56. The van der Waals surface area contributed by atoms with E-state index in [2.05, 4.69) is 4.72 Å². The number of nitrogens with zero attached hydrogens (tertiary/aromatic N) is 3. The Hall–Kier alpha value is -1.92. The van der Waals surface area contributed by atoms with Crippen molar-refractivity contribution >= 4 is 10.0 Å². The molecule has 0 aromatic carbocycles. The molecule has 0 fully saturated rings. The number of sulfonamides is 1. The first-order valence-electron chi connectivity index (χ1n) is 5.43. The fourth-order valence-electron chi connectivity index (χ4n) is 1.41. The first-order valence-corrected chi connectivity index (χ1v) is 6.91. The third kappa shape index (κ3) is 2.91. The standard InChI is InChI=1S/C10H14N4O4S/c1-4-7(5-11)12-19(17,18)8-6-13(2)10(16)14(3)9(8)15/h6-7,12H,4H2,1-3H3. The summed E-state index contributed by atoms with van der Waals surface area (Å²) >= 11 is 0. The van der Waals surface area contributed by atoms with Crippen LogP contribution in [0.5, 0.6) is 0 Å². The molecule has 0 aliphatic carbocycles. The van der Waals surface area contributed by atoms with E-state index in [1.807, 2.05) is 0 Å². The second kappa shape index (κ2) is 5.38. The van der Waals surface area contributed by atoms with Crippen LogP contribution >= 0.6 is 0 Å². The third-order valence-corrected chi connectivity index (χ3v) is 4.02. The van der Waals surface area contributed by atoms with Gasteiger partial charge in [-0.3, -0.25) is 9.36 Å². The smallest absolute Gasteiger partial charge is 0.302 e. The summed E-state index contributed by atoms with van der Waals surface area (Å²) in [4.78, 5) is 22.7. The van der Waals surface area contributed by atoms with Gasteiger partial charge in [-0.25, -0.2) is 13.2 Å². The van der Waals surface area contributed by atoms with Gasteiger partial charge in [-0.2, -0.15) is 9.98 Å². The largest absolute Gasteiger partial charge is 0.330 e. The van der Waals surface area contributed by atoms with Crippen LogP contribution in [0.1, 0.15) is 13.3 Å². The normalized spacial score (nSPS) is 12.9. The molecule has 0 saturated heterocycles. The minimum Gasteiger partial charge on any atom is -0.302 e. The van der Waals surface area contributed by atoms with Gasteiger partial charge in [0.25, 0.3) is 5.56 Å². The molecule has 1 aromatic heterocycles. The Morgan fingerprint density at radius 3 is 2.47 bits per heavy atom. The molecule has 8 nitrogen and oxygen atoms in total. The molecule has 1 heterocycles. The van der Waals surface area contributed by atoms with E-state index in [-0.39, 0.29) is 6.42 Å². The molecule has 1 N–H and O–H groups in total. The zero-order valence-electron chi connectivity index (χ0n) is 10.7. The van der Waals surface area contributed by atoms with Crippen molar-refractivity contribution in [3.63, 3.8) is 0 Å². The van der Waals surface area contributed by atoms with E-state index in [1.165, 1.54) is 14.1 Å². The van der Waals surface area contributed by atoms with Crippen molar-refractivity contribution in [1.82, 2.24) is 13.9 Å². The summed E-state index contributed by atoms with van der Waals surface area (Å²) in [5, 5.41) is 8.74. The molecule has 9 heteroatoms. The van der Waals surface area contributed by atoms with Crippen molar-refractivity contribution in [1.29, 1.82) is 5.26 Å². The summed E-state index contributed by atoms with van der Waals surface area (Å²) in [6.07, 6.45) is 1.21. The maximum atomic E-state index is 12.0. The lowest BCUT2D eigenvalue weighted by Gasteiger charge is -2.11. The average molecular weight is 286 g/mol. The highest BCUT2D eigenvalue weighted by molar-refractivity contribution is 7.89. The van der Waals surface area contributed by atoms with Gasteiger partial charge in [0.2, 0.25) is 10.0 Å². The number of hydrogen-bond acceptors (Lipinski definition) is 5. The average Bonchev–Trinajstić information content (AvgIpc) is 2.37. The van der Waals surface area contributed by atoms with Gasteiger partial charge < -0.3 is 4.57 Å². The highest BCUT2D eigenvalue weighted by Crippen LogP contribution is 2.02. The maximum Gasteiger partial charge on any atom is 0.330 e. The van der Waals surface area contributed by atoms with Crippen LogP contribution in [0.3, 0.4) is 0 Å². The predicted molar refractivity (Wildman–Crippen MR) is 66.9 cm³/mol. The number of nitrogens with one attached hydrogen (secondary N) is 1. The summed E-state index contributed by atoms with van der Waals surface area (Å²) in [7, 11) is -1.62. The minimum atomic E-state index is -4.14. The van der Waals surface area contributed by atoms with Gasteiger partial charge in [0.05, 0.1) is 6.07 Å². The SMILES string of the molecule is CCC(C#N)NS(=O)(=O)c1cn(C)c(=O)n(C)c1=O. The molecule has 1 rings (SSSR count). The molecule has 19 heavy (non-hydrogen) atoms. The van der Waals surface area contributed by atoms with Gasteiger partial charge >= 0.3 is 5.69 Å². The van der Waals surface area contributed by atoms with Crippen LogP contribution in [0.25, 0.3) is 0 Å². The fraction of sp³-hybridized carbons (Fsp3) is 0.500. The van der Waals surface area contributed by atoms with Crippen LogP contribution in [0, 0.1) is 11.3 Å². The molecular formula is C10H14N4O4S. The van der Waals surface area contributed by atoms with Gasteiger partial charge in [0.15, 0.2) is 4.90 Å². The molecule has 0 amide bonds. The molecule has 0 spiro atoms. The topological polar surface area (TPSA) is 114 Å². The van der Waals surface area contributed by atoms with Gasteiger partial charge in [-0.1, -0.05) is 6.92 Å². The lowest BCUT2D eigenvalue weighted by atomic mass is 10.3. The zero-order valence-corrected chi connectivity index (χ0v) is 11.6. The van der Waals surface area contributed by atoms with E-state index in [9.17, 15) is 18.0 Å². The maximum absolute atomic E-state index is 12.0. The molecule has 0 aliphatic rings. The highest BCUT2D eigenvalue weighted by atomic mass is 32.2. The second-order valence-corrected chi connectivity index (χ2v) is 5.64. The van der Waals surface area contributed by atoms with Crippen molar-refractivity contribution in [2.75, 3.05) is 0 Å². The molecule has 1 atom stereocenters. The number of aromatic nitrogens is 2. The van der Waals surface area contributed by atoms with E-state index >= 15 is 0 Å². The van der Waals surface area contributed by atoms with Crippen molar-refractivity contribution < 1.29 is 8.42 Å². The third-order valence-electron chi connectivity index (χ3n) is 2.57. The Morgan fingerprint density at radius 1 is 1.42 bits per heavy atom. The van der Waals surface area contributed by atoms with Gasteiger partial charge in [0, 0.05) is 20.3 Å². The molecular weight excluding hydrogens is 272 g/mol. The molecule has 0 bridgehead atoms. The van der Waals surface area contributed by atoms with Crippen LogP contribution in [-0.2, 0) is 24.1 Å². The summed E-state index contributed by atoms with van der Waals surface area (Å²) in [5.74, 6) is 0.